The molecule has 0 radical (unpaired) electrons. The first-order valence-corrected chi connectivity index (χ1v) is 8.28. The number of nitrogens with one attached hydrogen (secondary N) is 1. The van der Waals surface area contributed by atoms with Crippen LogP contribution in [0.5, 0.6) is 0 Å². The first kappa shape index (κ1) is 17.4. The summed E-state index contributed by atoms with van der Waals surface area (Å²) >= 11 is 1.54. The number of rotatable bonds is 5. The van der Waals surface area contributed by atoms with Crippen LogP contribution in [0.1, 0.15) is 26.3 Å². The first-order chi connectivity index (χ1) is 10.9. The van der Waals surface area contributed by atoms with Crippen LogP contribution in [0.25, 0.3) is 0 Å². The van der Waals surface area contributed by atoms with Crippen molar-refractivity contribution in [3.8, 4) is 0 Å². The zero-order valence-corrected chi connectivity index (χ0v) is 14.3. The first-order valence-electron chi connectivity index (χ1n) is 7.47. The minimum atomic E-state index is -0.498. The Morgan fingerprint density at radius 1 is 1.26 bits per heavy atom. The average molecular weight is 335 g/mol. The van der Waals surface area contributed by atoms with E-state index in [-0.39, 0.29) is 17.4 Å². The Bertz CT molecular complexity index is 598. The van der Waals surface area contributed by atoms with Crippen LogP contribution < -0.4 is 5.32 Å². The van der Waals surface area contributed by atoms with E-state index in [1.54, 1.807) is 6.92 Å². The van der Waals surface area contributed by atoms with Crippen molar-refractivity contribution < 1.29 is 19.1 Å². The molecular formula is C17H21NO4S. The van der Waals surface area contributed by atoms with E-state index in [4.69, 9.17) is 9.47 Å². The standard InChI is InChI=1S/C17H21NO4S/c1-4-21-14(19)10-13-15(17(2,3)23-13)18-16(20)22-11-12-8-6-5-7-9-12/h5-10,15H,4,11H2,1-3H3,(H,18,20)/b13-10-/t15-/m1/s1. The number of benzene rings is 1. The molecule has 1 N–H and O–H groups in total. The molecule has 1 aromatic rings. The quantitative estimate of drug-likeness (QED) is 0.661. The highest BCUT2D eigenvalue weighted by molar-refractivity contribution is 8.06. The molecule has 1 aliphatic rings. The zero-order chi connectivity index (χ0) is 16.9. The lowest BCUT2D eigenvalue weighted by Crippen LogP contribution is -2.55. The van der Waals surface area contributed by atoms with Crippen LogP contribution in [0.3, 0.4) is 0 Å². The lowest BCUT2D eigenvalue weighted by Gasteiger charge is -2.45. The molecule has 1 atom stereocenters. The zero-order valence-electron chi connectivity index (χ0n) is 13.5. The van der Waals surface area contributed by atoms with Crippen LogP contribution in [-0.2, 0) is 20.9 Å². The van der Waals surface area contributed by atoms with E-state index in [1.807, 2.05) is 44.2 Å². The van der Waals surface area contributed by atoms with Gasteiger partial charge in [0.1, 0.15) is 6.61 Å². The van der Waals surface area contributed by atoms with Gasteiger partial charge in [-0.1, -0.05) is 30.3 Å². The van der Waals surface area contributed by atoms with E-state index in [1.165, 1.54) is 17.8 Å². The Hall–Kier alpha value is -1.95. The molecule has 23 heavy (non-hydrogen) atoms. The van der Waals surface area contributed by atoms with E-state index in [0.29, 0.717) is 6.61 Å². The van der Waals surface area contributed by atoms with Gasteiger partial charge in [0.05, 0.1) is 12.6 Å². The molecule has 0 saturated carbocycles. The molecule has 0 bridgehead atoms. The molecule has 2 rings (SSSR count). The Morgan fingerprint density at radius 2 is 1.96 bits per heavy atom. The summed E-state index contributed by atoms with van der Waals surface area (Å²) in [7, 11) is 0. The normalized spacial score (nSPS) is 20.5. The van der Waals surface area contributed by atoms with Gasteiger partial charge in [-0.3, -0.25) is 0 Å². The number of ether oxygens (including phenoxy) is 2. The fourth-order valence-corrected chi connectivity index (χ4v) is 3.60. The van der Waals surface area contributed by atoms with Crippen molar-refractivity contribution >= 4 is 23.8 Å². The Morgan fingerprint density at radius 3 is 2.57 bits per heavy atom. The van der Waals surface area contributed by atoms with Crippen LogP contribution in [0.15, 0.2) is 41.3 Å². The second-order valence-corrected chi connectivity index (χ2v) is 7.37. The van der Waals surface area contributed by atoms with Crippen LogP contribution in [0, 0.1) is 0 Å². The molecule has 0 unspecified atom stereocenters. The summed E-state index contributed by atoms with van der Waals surface area (Å²) in [6.07, 6.45) is 0.934. The third-order valence-electron chi connectivity index (χ3n) is 3.38. The SMILES string of the molecule is CCOC(=O)/C=C1\SC(C)(C)[C@@H]1NC(=O)OCc1ccccc1. The summed E-state index contributed by atoms with van der Waals surface area (Å²) < 4.78 is 9.94. The number of thioether (sulfide) groups is 1. The van der Waals surface area contributed by atoms with Gasteiger partial charge in [-0.2, -0.15) is 0 Å². The molecule has 0 spiro atoms. The van der Waals surface area contributed by atoms with Gasteiger partial charge in [0.25, 0.3) is 0 Å². The summed E-state index contributed by atoms with van der Waals surface area (Å²) in [6, 6.07) is 9.22. The molecular weight excluding hydrogens is 314 g/mol. The van der Waals surface area contributed by atoms with Gasteiger partial charge in [-0.15, -0.1) is 11.8 Å². The highest BCUT2D eigenvalue weighted by atomic mass is 32.2. The number of esters is 1. The predicted octanol–water partition coefficient (Wildman–Crippen LogP) is 3.25. The Kier molecular flexibility index (Phi) is 5.71. The minimum absolute atomic E-state index is 0.190. The minimum Gasteiger partial charge on any atom is -0.463 e. The maximum absolute atomic E-state index is 12.0. The van der Waals surface area contributed by atoms with Crippen molar-refractivity contribution in [1.29, 1.82) is 0 Å². The van der Waals surface area contributed by atoms with Gasteiger partial charge < -0.3 is 14.8 Å². The van der Waals surface area contributed by atoms with Gasteiger partial charge in [-0.25, -0.2) is 9.59 Å². The van der Waals surface area contributed by atoms with E-state index < -0.39 is 12.1 Å². The molecule has 124 valence electrons. The van der Waals surface area contributed by atoms with Gasteiger partial charge in [0.15, 0.2) is 0 Å². The number of alkyl carbamates (subject to hydrolysis) is 1. The van der Waals surface area contributed by atoms with Gasteiger partial charge in [0.2, 0.25) is 0 Å². The number of hydrogen-bond donors (Lipinski definition) is 1. The maximum Gasteiger partial charge on any atom is 0.408 e. The molecule has 1 amide bonds. The topological polar surface area (TPSA) is 64.6 Å². The van der Waals surface area contributed by atoms with Crippen molar-refractivity contribution in [3.63, 3.8) is 0 Å². The highest BCUT2D eigenvalue weighted by Crippen LogP contribution is 2.49. The van der Waals surface area contributed by atoms with Crippen molar-refractivity contribution in [2.24, 2.45) is 0 Å². The van der Waals surface area contributed by atoms with E-state index >= 15 is 0 Å². The molecule has 1 fully saturated rings. The van der Waals surface area contributed by atoms with Crippen molar-refractivity contribution in [3.05, 3.63) is 46.9 Å². The third-order valence-corrected chi connectivity index (χ3v) is 4.73. The van der Waals surface area contributed by atoms with Crippen molar-refractivity contribution in [1.82, 2.24) is 5.32 Å². The number of carbonyl (C=O) groups excluding carboxylic acids is 2. The van der Waals surface area contributed by atoms with Crippen LogP contribution in [0.2, 0.25) is 0 Å². The lowest BCUT2D eigenvalue weighted by atomic mass is 10.0. The average Bonchev–Trinajstić information content (AvgIpc) is 2.51. The van der Waals surface area contributed by atoms with Crippen LogP contribution in [-0.4, -0.2) is 29.5 Å². The van der Waals surface area contributed by atoms with Crippen molar-refractivity contribution in [2.75, 3.05) is 6.61 Å². The lowest BCUT2D eigenvalue weighted by molar-refractivity contribution is -0.137. The molecule has 0 aliphatic carbocycles. The van der Waals surface area contributed by atoms with Crippen molar-refractivity contribution in [2.45, 2.75) is 38.2 Å². The third kappa shape index (κ3) is 4.76. The smallest absolute Gasteiger partial charge is 0.408 e. The van der Waals surface area contributed by atoms with E-state index in [2.05, 4.69) is 5.32 Å². The molecule has 1 heterocycles. The molecule has 0 aromatic heterocycles. The van der Waals surface area contributed by atoms with E-state index in [0.717, 1.165) is 10.5 Å². The van der Waals surface area contributed by atoms with Crippen LogP contribution >= 0.6 is 11.8 Å². The number of carbonyl (C=O) groups is 2. The van der Waals surface area contributed by atoms with Crippen LogP contribution in [0.4, 0.5) is 4.79 Å². The second kappa shape index (κ2) is 7.55. The molecule has 6 heteroatoms. The fourth-order valence-electron chi connectivity index (χ4n) is 2.25. The monoisotopic (exact) mass is 335 g/mol. The molecule has 1 aromatic carbocycles. The van der Waals surface area contributed by atoms with Gasteiger partial charge >= 0.3 is 12.1 Å². The predicted molar refractivity (Wildman–Crippen MR) is 89.9 cm³/mol. The summed E-state index contributed by atoms with van der Waals surface area (Å²) in [4.78, 5) is 24.3. The molecule has 1 aliphatic heterocycles. The Balaban J connectivity index is 1.90. The number of hydrogen-bond acceptors (Lipinski definition) is 5. The molecule has 5 nitrogen and oxygen atoms in total. The largest absolute Gasteiger partial charge is 0.463 e. The van der Waals surface area contributed by atoms with E-state index in [9.17, 15) is 9.59 Å². The fraction of sp³-hybridized carbons (Fsp3) is 0.412. The Labute approximate surface area is 140 Å². The van der Waals surface area contributed by atoms with Gasteiger partial charge in [-0.05, 0) is 26.3 Å². The molecule has 1 saturated heterocycles. The van der Waals surface area contributed by atoms with Gasteiger partial charge in [0, 0.05) is 15.7 Å². The summed E-state index contributed by atoms with van der Waals surface area (Å²) in [5.41, 5.74) is 0.923. The number of amides is 1. The summed E-state index contributed by atoms with van der Waals surface area (Å²) in [5.74, 6) is -0.394. The maximum atomic E-state index is 12.0. The summed E-state index contributed by atoms with van der Waals surface area (Å²) in [5, 5.41) is 2.82. The second-order valence-electron chi connectivity index (χ2n) is 5.64. The highest BCUT2D eigenvalue weighted by Gasteiger charge is 2.46. The summed E-state index contributed by atoms with van der Waals surface area (Å²) in [6.45, 7) is 6.30.